The maximum absolute atomic E-state index is 14.3. The molecule has 3 heterocycles. The van der Waals surface area contributed by atoms with Crippen LogP contribution in [0.4, 0.5) is 20.6 Å². The van der Waals surface area contributed by atoms with Crippen LogP contribution in [0.1, 0.15) is 62.0 Å². The number of nitrogens with one attached hydrogen (secondary N) is 1. The van der Waals surface area contributed by atoms with Crippen molar-refractivity contribution in [3.63, 3.8) is 0 Å². The molecule has 2 fully saturated rings. The van der Waals surface area contributed by atoms with Crippen LogP contribution in [0.15, 0.2) is 48.1 Å². The lowest BCUT2D eigenvalue weighted by atomic mass is 9.83. The Balaban J connectivity index is 1.51. The zero-order chi connectivity index (χ0) is 40.7. The Morgan fingerprint density at radius 2 is 1.89 bits per heavy atom. The topological polar surface area (TPSA) is 173 Å². The lowest BCUT2D eigenvalue weighted by molar-refractivity contribution is -0.158. The summed E-state index contributed by atoms with van der Waals surface area (Å²) >= 11 is 13.0. The molecule has 3 amide bonds. The number of aryl methyl sites for hydroxylation is 1. The summed E-state index contributed by atoms with van der Waals surface area (Å²) in [6, 6.07) is 4.49. The number of nitrogens with zero attached hydrogens (tertiary/aromatic N) is 2. The molecule has 5 rings (SSSR count). The molecule has 0 saturated carbocycles. The van der Waals surface area contributed by atoms with Crippen molar-refractivity contribution in [3.05, 3.63) is 80.6 Å². The van der Waals surface area contributed by atoms with Crippen LogP contribution < -0.4 is 16.0 Å². The van der Waals surface area contributed by atoms with Crippen LogP contribution in [0, 0.1) is 18.7 Å². The van der Waals surface area contributed by atoms with Crippen molar-refractivity contribution < 1.29 is 47.6 Å². The molecular weight excluding hydrogens is 758 g/mol. The molecule has 8 atom stereocenters. The molecule has 13 nitrogen and oxygen atoms in total. The van der Waals surface area contributed by atoms with Gasteiger partial charge in [-0.15, -0.1) is 0 Å². The number of halogens is 3. The molecule has 0 unspecified atom stereocenters. The number of nitrogen functional groups attached to an aromatic ring is 1. The molecule has 4 N–H and O–H groups in total. The zero-order valence-electron chi connectivity index (χ0n) is 31.9. The number of carbonyl (C=O) groups is 4. The zero-order valence-corrected chi connectivity index (χ0v) is 33.5. The number of carbonyl (C=O) groups excluding carboxylic acids is 4. The number of allylic oxidation sites excluding steroid dienone is 3. The van der Waals surface area contributed by atoms with Crippen LogP contribution in [0.5, 0.6) is 0 Å². The number of likely N-dealkylation sites (N-methyl/N-ethyl adjacent to an activating group) is 1. The highest BCUT2D eigenvalue weighted by Crippen LogP contribution is 2.49. The number of hydrogen-bond acceptors (Lipinski definition) is 10. The van der Waals surface area contributed by atoms with Gasteiger partial charge in [0.1, 0.15) is 35.8 Å². The van der Waals surface area contributed by atoms with Gasteiger partial charge in [-0.1, -0.05) is 60.0 Å². The summed E-state index contributed by atoms with van der Waals surface area (Å²) in [5.74, 6) is -3.56. The first-order chi connectivity index (χ1) is 25.7. The molecule has 4 bridgehead atoms. The van der Waals surface area contributed by atoms with Crippen molar-refractivity contribution in [2.24, 2.45) is 5.92 Å². The number of rotatable bonds is 5. The van der Waals surface area contributed by atoms with Gasteiger partial charge in [0, 0.05) is 33.5 Å². The number of fused-ring (bicyclic) bond motifs is 5. The Labute approximate surface area is 329 Å². The Morgan fingerprint density at radius 3 is 2.56 bits per heavy atom. The highest BCUT2D eigenvalue weighted by molar-refractivity contribution is 6.35. The first-order valence-electron chi connectivity index (χ1n) is 17.7. The third kappa shape index (κ3) is 8.63. The summed E-state index contributed by atoms with van der Waals surface area (Å²) in [5.41, 5.74) is 4.97. The van der Waals surface area contributed by atoms with Crippen LogP contribution in [0.25, 0.3) is 0 Å². The highest BCUT2D eigenvalue weighted by atomic mass is 35.5. The number of methoxy groups -OCH3 is 1. The van der Waals surface area contributed by atoms with E-state index in [1.807, 2.05) is 32.1 Å². The molecular formula is C39H47Cl2FN4O9. The monoisotopic (exact) mass is 804 g/mol. The third-order valence-electron chi connectivity index (χ3n) is 10.8. The molecule has 3 aliphatic rings. The minimum Gasteiger partial charge on any atom is -0.457 e. The number of alkyl carbamates (subject to hydrolysis) is 1. The summed E-state index contributed by atoms with van der Waals surface area (Å²) in [5, 5.41) is 14.5. The molecule has 0 aromatic heterocycles. The van der Waals surface area contributed by atoms with Gasteiger partial charge in [-0.3, -0.25) is 14.9 Å². The van der Waals surface area contributed by atoms with Gasteiger partial charge in [-0.05, 0) is 63.4 Å². The maximum atomic E-state index is 14.3. The molecule has 55 heavy (non-hydrogen) atoms. The van der Waals surface area contributed by atoms with Crippen molar-refractivity contribution in [2.75, 3.05) is 31.8 Å². The van der Waals surface area contributed by atoms with E-state index in [1.165, 1.54) is 26.0 Å². The van der Waals surface area contributed by atoms with Gasteiger partial charge in [-0.25, -0.2) is 14.0 Å². The predicted molar refractivity (Wildman–Crippen MR) is 204 cm³/mol. The minimum atomic E-state index is -1.86. The van der Waals surface area contributed by atoms with E-state index in [9.17, 15) is 28.7 Å². The molecule has 3 aliphatic heterocycles. The molecule has 2 saturated heterocycles. The van der Waals surface area contributed by atoms with Crippen molar-refractivity contribution in [1.29, 1.82) is 0 Å². The fraction of sp³-hybridized carbons (Fsp3) is 0.487. The number of esters is 1. The summed E-state index contributed by atoms with van der Waals surface area (Å²) in [4.78, 5) is 56.7. The SMILES string of the molecule is CO[C@@H]1/C=C/C=C(\C)Cc2cc(C)c(Cl)c(c2)N(C)C(=O)C[C@H](OC(=O)[C@H](C)N(C)C(=O)c2cc(F)c(N)cc2Cl)[C@]2(C)O[C@H]2[C@H](C)[C@@H]2C[C@@]1(O)NC(=O)O2. The van der Waals surface area contributed by atoms with E-state index in [0.717, 1.165) is 33.7 Å². The second-order valence-corrected chi connectivity index (χ2v) is 15.6. The van der Waals surface area contributed by atoms with E-state index in [1.54, 1.807) is 33.0 Å². The second kappa shape index (κ2) is 16.1. The standard InChI is InChI=1S/C39H47Cl2FN4O9/c1-19-10-9-11-30(52-8)39(51)18-29(53-37(50)44-39)21(3)34-38(5,55-34)31(17-32(47)46(7)28-14-23(12-19)13-20(2)33(28)41)54-36(49)22(4)45(6)35(48)24-15-26(42)27(43)16-25(24)40/h9-11,13-16,21-22,29-31,34,51H,12,17-18,43H2,1-8H3,(H,44,50)/b11-9+,19-10+/t21-,22+,29+,30-,31+,34+,38+,39+/m1/s1. The fourth-order valence-electron chi connectivity index (χ4n) is 7.13. The van der Waals surface area contributed by atoms with E-state index >= 15 is 0 Å². The number of amides is 3. The minimum absolute atomic E-state index is 0.0879. The quantitative estimate of drug-likeness (QED) is 0.199. The Bertz CT molecular complexity index is 1940. The summed E-state index contributed by atoms with van der Waals surface area (Å²) in [6.07, 6.45) is 0.611. The number of benzene rings is 2. The molecule has 0 spiro atoms. The van der Waals surface area contributed by atoms with Crippen LogP contribution in [0.2, 0.25) is 10.0 Å². The average Bonchev–Trinajstić information content (AvgIpc) is 3.82. The first kappa shape index (κ1) is 41.9. The average molecular weight is 806 g/mol. The molecule has 16 heteroatoms. The van der Waals surface area contributed by atoms with E-state index in [-0.39, 0.29) is 29.1 Å². The van der Waals surface area contributed by atoms with Crippen LogP contribution in [-0.2, 0) is 35.0 Å². The smallest absolute Gasteiger partial charge is 0.409 e. The van der Waals surface area contributed by atoms with Gasteiger partial charge < -0.3 is 39.6 Å². The summed E-state index contributed by atoms with van der Waals surface area (Å²) in [7, 11) is 4.31. The summed E-state index contributed by atoms with van der Waals surface area (Å²) in [6.45, 7) is 8.60. The molecule has 298 valence electrons. The van der Waals surface area contributed by atoms with E-state index in [2.05, 4.69) is 5.32 Å². The van der Waals surface area contributed by atoms with E-state index in [4.69, 9.17) is 47.9 Å². The van der Waals surface area contributed by atoms with Gasteiger partial charge in [-0.2, -0.15) is 0 Å². The number of nitrogens with two attached hydrogens (primary N) is 1. The van der Waals surface area contributed by atoms with Crippen molar-refractivity contribution >= 4 is 58.5 Å². The number of epoxide rings is 1. The van der Waals surface area contributed by atoms with Crippen LogP contribution in [0.3, 0.4) is 0 Å². The molecule has 2 aromatic carbocycles. The first-order valence-corrected chi connectivity index (χ1v) is 18.5. The maximum Gasteiger partial charge on any atom is 0.409 e. The Kier molecular flexibility index (Phi) is 12.3. The van der Waals surface area contributed by atoms with Gasteiger partial charge in [0.25, 0.3) is 5.91 Å². The van der Waals surface area contributed by atoms with Crippen molar-refractivity contribution in [1.82, 2.24) is 10.2 Å². The van der Waals surface area contributed by atoms with Gasteiger partial charge in [0.2, 0.25) is 5.91 Å². The Morgan fingerprint density at radius 1 is 1.20 bits per heavy atom. The van der Waals surface area contributed by atoms with Crippen LogP contribution in [-0.4, -0.2) is 96.9 Å². The lowest BCUT2D eigenvalue weighted by Gasteiger charge is -2.42. The van der Waals surface area contributed by atoms with E-state index in [0.29, 0.717) is 17.1 Å². The predicted octanol–water partition coefficient (Wildman–Crippen LogP) is 5.50. The van der Waals surface area contributed by atoms with Gasteiger partial charge in [0.15, 0.2) is 5.72 Å². The number of aliphatic hydroxyl groups is 1. The summed E-state index contributed by atoms with van der Waals surface area (Å²) < 4.78 is 37.9. The lowest BCUT2D eigenvalue weighted by Crippen LogP contribution is -2.63. The Hall–Kier alpha value is -4.21. The molecule has 0 radical (unpaired) electrons. The normalized spacial score (nSPS) is 30.5. The van der Waals surface area contributed by atoms with Crippen LogP contribution >= 0.6 is 23.2 Å². The van der Waals surface area contributed by atoms with Crippen molar-refractivity contribution in [2.45, 2.75) is 95.7 Å². The van der Waals surface area contributed by atoms with Gasteiger partial charge in [0.05, 0.1) is 39.5 Å². The molecule has 2 aromatic rings. The highest BCUT2D eigenvalue weighted by Gasteiger charge is 2.64. The number of anilines is 2. The van der Waals surface area contributed by atoms with E-state index < -0.39 is 77.4 Å². The second-order valence-electron chi connectivity index (χ2n) is 14.8. The number of ether oxygens (including phenoxy) is 4. The largest absolute Gasteiger partial charge is 0.457 e. The fourth-order valence-corrected chi connectivity index (χ4v) is 7.62. The molecule has 0 aliphatic carbocycles. The van der Waals surface area contributed by atoms with Crippen molar-refractivity contribution in [3.8, 4) is 0 Å². The van der Waals surface area contributed by atoms with Gasteiger partial charge >= 0.3 is 12.1 Å². The number of hydrogen-bond donors (Lipinski definition) is 3. The third-order valence-corrected chi connectivity index (χ3v) is 11.6.